The van der Waals surface area contributed by atoms with Crippen LogP contribution in [-0.4, -0.2) is 43.4 Å². The molecule has 0 saturated carbocycles. The molecule has 25 heavy (non-hydrogen) atoms. The first-order valence-corrected chi connectivity index (χ1v) is 8.51. The van der Waals surface area contributed by atoms with E-state index < -0.39 is 4.92 Å². The maximum atomic E-state index is 12.2. The number of nitro groups is 1. The average Bonchev–Trinajstić information content (AvgIpc) is 2.64. The number of hydrogen-bond donors (Lipinski definition) is 2. The number of carbonyl (C=O) groups is 2. The summed E-state index contributed by atoms with van der Waals surface area (Å²) in [5.74, 6) is -0.556. The van der Waals surface area contributed by atoms with Gasteiger partial charge < -0.3 is 15.5 Å². The summed E-state index contributed by atoms with van der Waals surface area (Å²) in [7, 11) is 1.48. The molecule has 136 valence electrons. The monoisotopic (exact) mass is 348 g/mol. The SMILES string of the molecule is CCCNC(=O)C1CCCN(c2ccc(C(=O)NC)cc2[N+](=O)[O-])C1. The fourth-order valence-corrected chi connectivity index (χ4v) is 3.03. The van der Waals surface area contributed by atoms with Crippen LogP contribution >= 0.6 is 0 Å². The van der Waals surface area contributed by atoms with Crippen LogP contribution in [-0.2, 0) is 4.79 Å². The van der Waals surface area contributed by atoms with Crippen molar-refractivity contribution >= 4 is 23.2 Å². The number of amides is 2. The van der Waals surface area contributed by atoms with Gasteiger partial charge in [0.25, 0.3) is 11.6 Å². The third kappa shape index (κ3) is 4.46. The highest BCUT2D eigenvalue weighted by molar-refractivity contribution is 5.95. The molecule has 1 atom stereocenters. The van der Waals surface area contributed by atoms with Crippen molar-refractivity contribution in [2.45, 2.75) is 26.2 Å². The Hall–Kier alpha value is -2.64. The lowest BCUT2D eigenvalue weighted by atomic mass is 9.96. The largest absolute Gasteiger partial charge is 0.365 e. The Bertz CT molecular complexity index is 662. The van der Waals surface area contributed by atoms with Gasteiger partial charge >= 0.3 is 0 Å². The predicted octanol–water partition coefficient (Wildman–Crippen LogP) is 1.70. The minimum absolute atomic E-state index is 0.00353. The van der Waals surface area contributed by atoms with Crippen molar-refractivity contribution in [3.63, 3.8) is 0 Å². The molecule has 0 spiro atoms. The first-order valence-electron chi connectivity index (χ1n) is 8.51. The molecule has 1 aromatic carbocycles. The normalized spacial score (nSPS) is 17.0. The van der Waals surface area contributed by atoms with Gasteiger partial charge in [-0.25, -0.2) is 0 Å². The van der Waals surface area contributed by atoms with Crippen molar-refractivity contribution in [2.24, 2.45) is 5.92 Å². The van der Waals surface area contributed by atoms with E-state index in [-0.39, 0.29) is 29.0 Å². The first kappa shape index (κ1) is 18.7. The van der Waals surface area contributed by atoms with Crippen molar-refractivity contribution in [2.75, 3.05) is 31.6 Å². The molecule has 2 amide bonds. The highest BCUT2D eigenvalue weighted by Crippen LogP contribution is 2.32. The van der Waals surface area contributed by atoms with Crippen LogP contribution in [0.15, 0.2) is 18.2 Å². The van der Waals surface area contributed by atoms with Crippen LogP contribution in [0, 0.1) is 16.0 Å². The molecule has 0 radical (unpaired) electrons. The van der Waals surface area contributed by atoms with E-state index in [1.54, 1.807) is 12.1 Å². The number of nitro benzene ring substituents is 1. The van der Waals surface area contributed by atoms with Crippen molar-refractivity contribution in [3.8, 4) is 0 Å². The number of hydrogen-bond acceptors (Lipinski definition) is 5. The molecule has 1 saturated heterocycles. The van der Waals surface area contributed by atoms with E-state index in [4.69, 9.17) is 0 Å². The number of nitrogens with zero attached hydrogens (tertiary/aromatic N) is 2. The lowest BCUT2D eigenvalue weighted by molar-refractivity contribution is -0.384. The van der Waals surface area contributed by atoms with Crippen LogP contribution in [0.4, 0.5) is 11.4 Å². The van der Waals surface area contributed by atoms with E-state index in [2.05, 4.69) is 10.6 Å². The molecule has 8 nitrogen and oxygen atoms in total. The van der Waals surface area contributed by atoms with Crippen LogP contribution < -0.4 is 15.5 Å². The average molecular weight is 348 g/mol. The van der Waals surface area contributed by atoms with Gasteiger partial charge in [-0.05, 0) is 31.4 Å². The number of piperidine rings is 1. The molecule has 2 rings (SSSR count). The number of carbonyl (C=O) groups excluding carboxylic acids is 2. The second-order valence-electron chi connectivity index (χ2n) is 6.12. The van der Waals surface area contributed by atoms with E-state index in [0.29, 0.717) is 25.3 Å². The second kappa shape index (κ2) is 8.46. The number of nitrogens with one attached hydrogen (secondary N) is 2. The summed E-state index contributed by atoms with van der Waals surface area (Å²) in [5, 5.41) is 16.8. The van der Waals surface area contributed by atoms with Crippen LogP contribution in [0.3, 0.4) is 0 Å². The van der Waals surface area contributed by atoms with Crippen molar-refractivity contribution in [1.82, 2.24) is 10.6 Å². The van der Waals surface area contributed by atoms with E-state index >= 15 is 0 Å². The number of anilines is 1. The smallest absolute Gasteiger partial charge is 0.293 e. The van der Waals surface area contributed by atoms with E-state index in [1.165, 1.54) is 13.1 Å². The summed E-state index contributed by atoms with van der Waals surface area (Å²) >= 11 is 0. The Morgan fingerprint density at radius 2 is 2.16 bits per heavy atom. The Labute approximate surface area is 146 Å². The molecule has 1 aliphatic heterocycles. The fraction of sp³-hybridized carbons (Fsp3) is 0.529. The van der Waals surface area contributed by atoms with Gasteiger partial charge in [-0.3, -0.25) is 19.7 Å². The zero-order chi connectivity index (χ0) is 18.4. The second-order valence-corrected chi connectivity index (χ2v) is 6.12. The van der Waals surface area contributed by atoms with E-state index in [1.807, 2.05) is 11.8 Å². The number of rotatable bonds is 6. The number of benzene rings is 1. The Morgan fingerprint density at radius 1 is 1.40 bits per heavy atom. The standard InChI is InChI=1S/C17H24N4O4/c1-3-8-19-17(23)13-5-4-9-20(11-13)14-7-6-12(16(22)18-2)10-15(14)21(24)25/h6-7,10,13H,3-5,8-9,11H2,1-2H3,(H,18,22)(H,19,23). The van der Waals surface area contributed by atoms with Crippen LogP contribution in [0.5, 0.6) is 0 Å². The molecule has 1 heterocycles. The van der Waals surface area contributed by atoms with E-state index in [9.17, 15) is 19.7 Å². The van der Waals surface area contributed by atoms with Crippen LogP contribution in [0.2, 0.25) is 0 Å². The lowest BCUT2D eigenvalue weighted by Gasteiger charge is -2.33. The quantitative estimate of drug-likeness (QED) is 0.601. The van der Waals surface area contributed by atoms with Gasteiger partial charge in [0, 0.05) is 38.3 Å². The zero-order valence-corrected chi connectivity index (χ0v) is 14.6. The van der Waals surface area contributed by atoms with Crippen LogP contribution in [0.25, 0.3) is 0 Å². The molecule has 1 unspecified atom stereocenters. The van der Waals surface area contributed by atoms with Gasteiger partial charge in [-0.15, -0.1) is 0 Å². The Balaban J connectivity index is 2.23. The van der Waals surface area contributed by atoms with Crippen LogP contribution in [0.1, 0.15) is 36.5 Å². The Morgan fingerprint density at radius 3 is 2.80 bits per heavy atom. The maximum absolute atomic E-state index is 12.2. The minimum Gasteiger partial charge on any atom is -0.365 e. The predicted molar refractivity (Wildman–Crippen MR) is 94.7 cm³/mol. The fourth-order valence-electron chi connectivity index (χ4n) is 3.03. The van der Waals surface area contributed by atoms with Gasteiger partial charge in [-0.1, -0.05) is 6.92 Å². The minimum atomic E-state index is -0.484. The van der Waals surface area contributed by atoms with Gasteiger partial charge in [0.1, 0.15) is 5.69 Å². The van der Waals surface area contributed by atoms with Gasteiger partial charge in [0.05, 0.1) is 10.8 Å². The highest BCUT2D eigenvalue weighted by atomic mass is 16.6. The molecule has 1 fully saturated rings. The molecule has 0 bridgehead atoms. The molecule has 8 heteroatoms. The molecule has 0 aromatic heterocycles. The summed E-state index contributed by atoms with van der Waals surface area (Å²) in [6, 6.07) is 4.45. The third-order valence-corrected chi connectivity index (χ3v) is 4.34. The van der Waals surface area contributed by atoms with Gasteiger partial charge in [0.15, 0.2) is 0 Å². The van der Waals surface area contributed by atoms with Crippen molar-refractivity contribution < 1.29 is 14.5 Å². The zero-order valence-electron chi connectivity index (χ0n) is 14.6. The Kier molecular flexibility index (Phi) is 6.32. The highest BCUT2D eigenvalue weighted by Gasteiger charge is 2.29. The summed E-state index contributed by atoms with van der Waals surface area (Å²) in [4.78, 5) is 36.8. The van der Waals surface area contributed by atoms with Gasteiger partial charge in [-0.2, -0.15) is 0 Å². The molecule has 1 aromatic rings. The lowest BCUT2D eigenvalue weighted by Crippen LogP contribution is -2.43. The topological polar surface area (TPSA) is 105 Å². The molecule has 2 N–H and O–H groups in total. The summed E-state index contributed by atoms with van der Waals surface area (Å²) < 4.78 is 0. The summed E-state index contributed by atoms with van der Waals surface area (Å²) in [6.07, 6.45) is 2.43. The molecule has 0 aliphatic carbocycles. The maximum Gasteiger partial charge on any atom is 0.293 e. The van der Waals surface area contributed by atoms with Crippen molar-refractivity contribution in [1.29, 1.82) is 0 Å². The summed E-state index contributed by atoms with van der Waals surface area (Å²) in [6.45, 7) is 3.72. The van der Waals surface area contributed by atoms with Gasteiger partial charge in [0.2, 0.25) is 5.91 Å². The first-order chi connectivity index (χ1) is 12.0. The molecular weight excluding hydrogens is 324 g/mol. The molecule has 1 aliphatic rings. The summed E-state index contributed by atoms with van der Waals surface area (Å²) in [5.41, 5.74) is 0.577. The van der Waals surface area contributed by atoms with E-state index in [0.717, 1.165) is 19.3 Å². The van der Waals surface area contributed by atoms with Crippen molar-refractivity contribution in [3.05, 3.63) is 33.9 Å². The third-order valence-electron chi connectivity index (χ3n) is 4.34. The molecular formula is C17H24N4O4.